The summed E-state index contributed by atoms with van der Waals surface area (Å²) in [5.74, 6) is 0.580. The van der Waals surface area contributed by atoms with Gasteiger partial charge in [-0.05, 0) is 57.2 Å². The van der Waals surface area contributed by atoms with Gasteiger partial charge in [-0.2, -0.15) is 0 Å². The first kappa shape index (κ1) is 25.9. The second-order valence-electron chi connectivity index (χ2n) is 7.05. The SMILES string of the molecule is CCOC(=O)c1ccc(NC(=O)CSc2nnc(C(C)Oc3cc(Cl)ccc3Cl)n2CC)cc1. The molecule has 1 aromatic heterocycles. The zero-order valence-electron chi connectivity index (χ0n) is 18.9. The Labute approximate surface area is 211 Å². The van der Waals surface area contributed by atoms with E-state index in [9.17, 15) is 9.59 Å². The van der Waals surface area contributed by atoms with Crippen molar-refractivity contribution in [1.29, 1.82) is 0 Å². The van der Waals surface area contributed by atoms with Gasteiger partial charge in [0.2, 0.25) is 5.91 Å². The number of nitrogens with zero attached hydrogens (tertiary/aromatic N) is 3. The first-order valence-corrected chi connectivity index (χ1v) is 12.3. The Morgan fingerprint density at radius 1 is 1.12 bits per heavy atom. The summed E-state index contributed by atoms with van der Waals surface area (Å²) in [5.41, 5.74) is 1.00. The fraction of sp³-hybridized carbons (Fsp3) is 0.304. The number of hydrogen-bond acceptors (Lipinski definition) is 7. The Kier molecular flexibility index (Phi) is 9.20. The number of aromatic nitrogens is 3. The Balaban J connectivity index is 1.60. The topological polar surface area (TPSA) is 95.3 Å². The lowest BCUT2D eigenvalue weighted by atomic mass is 10.2. The third-order valence-electron chi connectivity index (χ3n) is 4.63. The number of rotatable bonds is 10. The zero-order chi connectivity index (χ0) is 24.7. The van der Waals surface area contributed by atoms with Gasteiger partial charge >= 0.3 is 5.97 Å². The van der Waals surface area contributed by atoms with Crippen LogP contribution in [0.5, 0.6) is 5.75 Å². The van der Waals surface area contributed by atoms with Crippen LogP contribution in [-0.2, 0) is 16.1 Å². The van der Waals surface area contributed by atoms with E-state index in [-0.39, 0.29) is 11.7 Å². The van der Waals surface area contributed by atoms with Crippen molar-refractivity contribution >= 4 is 52.5 Å². The molecule has 0 aliphatic rings. The van der Waals surface area contributed by atoms with E-state index >= 15 is 0 Å². The van der Waals surface area contributed by atoms with Gasteiger partial charge in [0, 0.05) is 23.3 Å². The monoisotopic (exact) mass is 522 g/mol. The molecule has 0 fully saturated rings. The third-order valence-corrected chi connectivity index (χ3v) is 6.15. The van der Waals surface area contributed by atoms with Gasteiger partial charge in [0.1, 0.15) is 5.75 Å². The van der Waals surface area contributed by atoms with E-state index in [1.807, 2.05) is 18.4 Å². The number of thioether (sulfide) groups is 1. The maximum Gasteiger partial charge on any atom is 0.338 e. The van der Waals surface area contributed by atoms with Crippen molar-refractivity contribution in [2.75, 3.05) is 17.7 Å². The highest BCUT2D eigenvalue weighted by Gasteiger charge is 2.20. The molecule has 1 amide bonds. The summed E-state index contributed by atoms with van der Waals surface area (Å²) in [4.78, 5) is 24.2. The Bertz CT molecular complexity index is 1150. The normalized spacial score (nSPS) is 11.7. The van der Waals surface area contributed by atoms with Crippen LogP contribution in [0.25, 0.3) is 0 Å². The second kappa shape index (κ2) is 12.1. The fourth-order valence-electron chi connectivity index (χ4n) is 3.05. The van der Waals surface area contributed by atoms with Gasteiger partial charge in [0.15, 0.2) is 17.1 Å². The summed E-state index contributed by atoms with van der Waals surface area (Å²) < 4.78 is 12.8. The molecule has 180 valence electrons. The molecule has 11 heteroatoms. The number of carbonyl (C=O) groups excluding carboxylic acids is 2. The molecule has 1 unspecified atom stereocenters. The molecule has 1 atom stereocenters. The minimum atomic E-state index is -0.440. The molecule has 1 N–H and O–H groups in total. The van der Waals surface area contributed by atoms with Gasteiger partial charge in [-0.25, -0.2) is 4.79 Å². The molecule has 0 bridgehead atoms. The lowest BCUT2D eigenvalue weighted by molar-refractivity contribution is -0.113. The van der Waals surface area contributed by atoms with Gasteiger partial charge < -0.3 is 19.4 Å². The standard InChI is InChI=1S/C23H24Cl2N4O4S/c1-4-29-21(14(3)33-19-12-16(24)8-11-18(19)25)27-28-23(29)34-13-20(30)26-17-9-6-15(7-10-17)22(31)32-5-2/h6-12,14H,4-5,13H2,1-3H3,(H,26,30). The van der Waals surface area contributed by atoms with Crippen molar-refractivity contribution in [2.45, 2.75) is 38.6 Å². The lowest BCUT2D eigenvalue weighted by Gasteiger charge is -2.16. The third kappa shape index (κ3) is 6.65. The molecule has 2 aromatic carbocycles. The summed E-state index contributed by atoms with van der Waals surface area (Å²) in [5, 5.41) is 12.8. The number of benzene rings is 2. The number of ether oxygens (including phenoxy) is 2. The van der Waals surface area contributed by atoms with Crippen molar-refractivity contribution < 1.29 is 19.1 Å². The number of esters is 1. The number of carbonyl (C=O) groups is 2. The molecule has 0 radical (unpaired) electrons. The van der Waals surface area contributed by atoms with Crippen molar-refractivity contribution in [3.8, 4) is 5.75 Å². The van der Waals surface area contributed by atoms with E-state index in [1.165, 1.54) is 11.8 Å². The predicted molar refractivity (Wildman–Crippen MR) is 133 cm³/mol. The highest BCUT2D eigenvalue weighted by atomic mass is 35.5. The average molecular weight is 523 g/mol. The Hall–Kier alpha value is -2.75. The van der Waals surface area contributed by atoms with Crippen LogP contribution in [-0.4, -0.2) is 39.0 Å². The van der Waals surface area contributed by atoms with E-state index in [2.05, 4.69) is 15.5 Å². The van der Waals surface area contributed by atoms with E-state index in [4.69, 9.17) is 32.7 Å². The summed E-state index contributed by atoms with van der Waals surface area (Å²) >= 11 is 13.5. The van der Waals surface area contributed by atoms with Crippen LogP contribution in [0.3, 0.4) is 0 Å². The molecule has 3 aromatic rings. The van der Waals surface area contributed by atoms with E-state index in [0.717, 1.165) is 0 Å². The number of nitrogens with one attached hydrogen (secondary N) is 1. The molecular formula is C23H24Cl2N4O4S. The number of amides is 1. The first-order valence-electron chi connectivity index (χ1n) is 10.6. The molecule has 3 rings (SSSR count). The minimum absolute atomic E-state index is 0.132. The van der Waals surface area contributed by atoms with Crippen LogP contribution in [0.2, 0.25) is 10.0 Å². The van der Waals surface area contributed by atoms with Crippen LogP contribution in [0, 0.1) is 0 Å². The lowest BCUT2D eigenvalue weighted by Crippen LogP contribution is -2.15. The fourth-order valence-corrected chi connectivity index (χ4v) is 4.18. The van der Waals surface area contributed by atoms with Gasteiger partial charge in [0.05, 0.1) is 22.9 Å². The molecule has 1 heterocycles. The number of anilines is 1. The number of hydrogen-bond donors (Lipinski definition) is 1. The minimum Gasteiger partial charge on any atom is -0.481 e. The average Bonchev–Trinajstić information content (AvgIpc) is 3.24. The maximum absolute atomic E-state index is 12.4. The molecule has 34 heavy (non-hydrogen) atoms. The Morgan fingerprint density at radius 3 is 2.53 bits per heavy atom. The molecule has 0 spiro atoms. The summed E-state index contributed by atoms with van der Waals surface area (Å²) in [7, 11) is 0. The van der Waals surface area contributed by atoms with Crippen molar-refractivity contribution in [2.24, 2.45) is 0 Å². The summed E-state index contributed by atoms with van der Waals surface area (Å²) in [6, 6.07) is 11.5. The summed E-state index contributed by atoms with van der Waals surface area (Å²) in [6.07, 6.45) is -0.440. The molecular weight excluding hydrogens is 499 g/mol. The highest BCUT2D eigenvalue weighted by molar-refractivity contribution is 7.99. The van der Waals surface area contributed by atoms with Crippen molar-refractivity contribution in [1.82, 2.24) is 14.8 Å². The molecule has 0 saturated carbocycles. The first-order chi connectivity index (χ1) is 16.3. The molecule has 0 aliphatic heterocycles. The van der Waals surface area contributed by atoms with Gasteiger partial charge in [-0.3, -0.25) is 4.79 Å². The maximum atomic E-state index is 12.4. The molecule has 0 aliphatic carbocycles. The van der Waals surface area contributed by atoms with Crippen LogP contribution >= 0.6 is 35.0 Å². The zero-order valence-corrected chi connectivity index (χ0v) is 21.2. The van der Waals surface area contributed by atoms with Crippen LogP contribution in [0.1, 0.15) is 43.1 Å². The molecule has 8 nitrogen and oxygen atoms in total. The van der Waals surface area contributed by atoms with E-state index < -0.39 is 12.1 Å². The van der Waals surface area contributed by atoms with Crippen LogP contribution in [0.4, 0.5) is 5.69 Å². The quantitative estimate of drug-likeness (QED) is 0.271. The van der Waals surface area contributed by atoms with Gasteiger partial charge in [-0.15, -0.1) is 10.2 Å². The van der Waals surface area contributed by atoms with Gasteiger partial charge in [-0.1, -0.05) is 35.0 Å². The van der Waals surface area contributed by atoms with E-state index in [1.54, 1.807) is 49.4 Å². The van der Waals surface area contributed by atoms with Gasteiger partial charge in [0.25, 0.3) is 0 Å². The highest BCUT2D eigenvalue weighted by Crippen LogP contribution is 2.32. The van der Waals surface area contributed by atoms with Crippen LogP contribution < -0.4 is 10.1 Å². The van der Waals surface area contributed by atoms with Crippen molar-refractivity contribution in [3.63, 3.8) is 0 Å². The predicted octanol–water partition coefficient (Wildman–Crippen LogP) is 5.65. The largest absolute Gasteiger partial charge is 0.481 e. The van der Waals surface area contributed by atoms with Crippen molar-refractivity contribution in [3.05, 3.63) is 63.9 Å². The molecule has 0 saturated heterocycles. The van der Waals surface area contributed by atoms with E-state index in [0.29, 0.717) is 51.2 Å². The summed E-state index contributed by atoms with van der Waals surface area (Å²) in [6.45, 7) is 6.45. The van der Waals surface area contributed by atoms with Crippen LogP contribution in [0.15, 0.2) is 47.6 Å². The number of halogens is 2. The second-order valence-corrected chi connectivity index (χ2v) is 8.84. The Morgan fingerprint density at radius 2 is 1.85 bits per heavy atom. The smallest absolute Gasteiger partial charge is 0.338 e.